The standard InChI is InChI=1S/C13H22O2Si/c1-16(2,3)11-6-12-4-7-13(8-5-12)14-9-10-15-13/h12H,4-5,7-10H2,1-3H3. The zero-order valence-corrected chi connectivity index (χ0v) is 11.6. The van der Waals surface area contributed by atoms with E-state index < -0.39 is 8.07 Å². The second-order valence-corrected chi connectivity index (χ2v) is 10.7. The fraction of sp³-hybridized carbons (Fsp3) is 0.846. The molecule has 2 aliphatic rings. The minimum Gasteiger partial charge on any atom is -0.348 e. The Morgan fingerprint density at radius 2 is 1.62 bits per heavy atom. The molecule has 0 radical (unpaired) electrons. The third-order valence-electron chi connectivity index (χ3n) is 3.21. The molecule has 3 heteroatoms. The van der Waals surface area contributed by atoms with Gasteiger partial charge in [0.25, 0.3) is 0 Å². The van der Waals surface area contributed by atoms with Gasteiger partial charge in [-0.05, 0) is 12.8 Å². The van der Waals surface area contributed by atoms with Crippen molar-refractivity contribution in [3.8, 4) is 11.5 Å². The highest BCUT2D eigenvalue weighted by Gasteiger charge is 2.39. The maximum absolute atomic E-state index is 5.71. The van der Waals surface area contributed by atoms with Crippen LogP contribution in [0.1, 0.15) is 25.7 Å². The lowest BCUT2D eigenvalue weighted by molar-refractivity contribution is -0.180. The summed E-state index contributed by atoms with van der Waals surface area (Å²) >= 11 is 0. The Morgan fingerprint density at radius 1 is 1.06 bits per heavy atom. The predicted molar refractivity (Wildman–Crippen MR) is 67.7 cm³/mol. The van der Waals surface area contributed by atoms with Crippen LogP contribution < -0.4 is 0 Å². The van der Waals surface area contributed by atoms with Gasteiger partial charge in [0.2, 0.25) is 0 Å². The molecule has 1 spiro atoms. The number of hydrogen-bond donors (Lipinski definition) is 0. The summed E-state index contributed by atoms with van der Waals surface area (Å²) in [6.45, 7) is 8.44. The number of rotatable bonds is 0. The average Bonchev–Trinajstić information content (AvgIpc) is 2.65. The van der Waals surface area contributed by atoms with Gasteiger partial charge in [-0.25, -0.2) is 0 Å². The van der Waals surface area contributed by atoms with Crippen molar-refractivity contribution < 1.29 is 9.47 Å². The van der Waals surface area contributed by atoms with E-state index in [4.69, 9.17) is 9.47 Å². The molecule has 1 aliphatic carbocycles. The first kappa shape index (κ1) is 12.2. The minimum atomic E-state index is -1.20. The van der Waals surface area contributed by atoms with Gasteiger partial charge in [0.1, 0.15) is 8.07 Å². The maximum atomic E-state index is 5.71. The molecular formula is C13H22O2Si. The Labute approximate surface area is 99.7 Å². The zero-order valence-electron chi connectivity index (χ0n) is 10.6. The van der Waals surface area contributed by atoms with Crippen LogP contribution in [0.5, 0.6) is 0 Å². The van der Waals surface area contributed by atoms with Crippen molar-refractivity contribution in [1.82, 2.24) is 0 Å². The van der Waals surface area contributed by atoms with E-state index in [0.29, 0.717) is 5.92 Å². The molecule has 1 saturated heterocycles. The molecular weight excluding hydrogens is 216 g/mol. The van der Waals surface area contributed by atoms with Gasteiger partial charge in [-0.1, -0.05) is 19.6 Å². The van der Waals surface area contributed by atoms with Gasteiger partial charge < -0.3 is 9.47 Å². The van der Waals surface area contributed by atoms with Crippen molar-refractivity contribution >= 4 is 8.07 Å². The lowest BCUT2D eigenvalue weighted by Crippen LogP contribution is -2.35. The van der Waals surface area contributed by atoms with Crippen molar-refractivity contribution in [2.24, 2.45) is 5.92 Å². The molecule has 0 aromatic carbocycles. The quantitative estimate of drug-likeness (QED) is 0.477. The SMILES string of the molecule is C[Si](C)(C)C#CC1CCC2(CC1)OCCO2. The molecule has 0 aromatic heterocycles. The summed E-state index contributed by atoms with van der Waals surface area (Å²) in [5.41, 5.74) is 3.48. The van der Waals surface area contributed by atoms with E-state index in [9.17, 15) is 0 Å². The Bertz CT molecular complexity index is 292. The summed E-state index contributed by atoms with van der Waals surface area (Å²) < 4.78 is 11.4. The molecule has 16 heavy (non-hydrogen) atoms. The van der Waals surface area contributed by atoms with E-state index in [0.717, 1.165) is 38.9 Å². The molecule has 2 rings (SSSR count). The fourth-order valence-electron chi connectivity index (χ4n) is 2.31. The van der Waals surface area contributed by atoms with E-state index in [-0.39, 0.29) is 5.79 Å². The molecule has 0 atom stereocenters. The van der Waals surface area contributed by atoms with E-state index in [2.05, 4.69) is 31.1 Å². The maximum Gasteiger partial charge on any atom is 0.168 e. The second-order valence-electron chi connectivity index (χ2n) is 5.90. The highest BCUT2D eigenvalue weighted by atomic mass is 28.3. The highest BCUT2D eigenvalue weighted by molar-refractivity contribution is 6.83. The van der Waals surface area contributed by atoms with Crippen LogP contribution in [0.15, 0.2) is 0 Å². The van der Waals surface area contributed by atoms with Gasteiger partial charge in [-0.15, -0.1) is 11.5 Å². The Hall–Kier alpha value is -0.303. The molecule has 0 amide bonds. The van der Waals surface area contributed by atoms with Gasteiger partial charge in [-0.3, -0.25) is 0 Å². The molecule has 1 heterocycles. The van der Waals surface area contributed by atoms with Crippen molar-refractivity contribution in [1.29, 1.82) is 0 Å². The Kier molecular flexibility index (Phi) is 3.44. The first-order chi connectivity index (χ1) is 7.49. The summed E-state index contributed by atoms with van der Waals surface area (Å²) in [5.74, 6) is 3.82. The lowest BCUT2D eigenvalue weighted by atomic mass is 9.86. The van der Waals surface area contributed by atoms with Gasteiger partial charge in [0.05, 0.1) is 13.2 Å². The molecule has 0 N–H and O–H groups in total. The summed E-state index contributed by atoms with van der Waals surface area (Å²) in [6, 6.07) is 0. The number of hydrogen-bond acceptors (Lipinski definition) is 2. The van der Waals surface area contributed by atoms with E-state index in [1.54, 1.807) is 0 Å². The normalized spacial score (nSPS) is 25.4. The highest BCUT2D eigenvalue weighted by Crippen LogP contribution is 2.37. The summed E-state index contributed by atoms with van der Waals surface area (Å²) in [5, 5.41) is 0. The first-order valence-electron chi connectivity index (χ1n) is 6.30. The van der Waals surface area contributed by atoms with E-state index >= 15 is 0 Å². The lowest BCUT2D eigenvalue weighted by Gasteiger charge is -2.33. The average molecular weight is 238 g/mol. The zero-order chi connectivity index (χ0) is 11.6. The van der Waals surface area contributed by atoms with Crippen LogP contribution in [-0.2, 0) is 9.47 Å². The summed E-state index contributed by atoms with van der Waals surface area (Å²) in [6.07, 6.45) is 4.32. The van der Waals surface area contributed by atoms with Gasteiger partial charge in [-0.2, -0.15) is 0 Å². The smallest absolute Gasteiger partial charge is 0.168 e. The first-order valence-corrected chi connectivity index (χ1v) is 9.80. The molecule has 2 nitrogen and oxygen atoms in total. The summed E-state index contributed by atoms with van der Waals surface area (Å²) in [4.78, 5) is 0. The van der Waals surface area contributed by atoms with Crippen LogP contribution in [0.25, 0.3) is 0 Å². The predicted octanol–water partition coefficient (Wildman–Crippen LogP) is 2.80. The third-order valence-corrected chi connectivity index (χ3v) is 4.11. The van der Waals surface area contributed by atoms with Crippen molar-refractivity contribution in [2.45, 2.75) is 51.1 Å². The van der Waals surface area contributed by atoms with Crippen molar-refractivity contribution in [2.75, 3.05) is 13.2 Å². The van der Waals surface area contributed by atoms with E-state index in [1.807, 2.05) is 0 Å². The molecule has 0 aromatic rings. The van der Waals surface area contributed by atoms with Gasteiger partial charge >= 0.3 is 0 Å². The van der Waals surface area contributed by atoms with Crippen LogP contribution in [-0.4, -0.2) is 27.1 Å². The van der Waals surface area contributed by atoms with E-state index in [1.165, 1.54) is 0 Å². The second kappa shape index (κ2) is 4.52. The van der Waals surface area contributed by atoms with Crippen LogP contribution in [0.2, 0.25) is 19.6 Å². The van der Waals surface area contributed by atoms with Crippen molar-refractivity contribution in [3.63, 3.8) is 0 Å². The largest absolute Gasteiger partial charge is 0.348 e. The fourth-order valence-corrected chi connectivity index (χ4v) is 2.94. The molecule has 0 bridgehead atoms. The van der Waals surface area contributed by atoms with Crippen LogP contribution in [0.3, 0.4) is 0 Å². The molecule has 90 valence electrons. The monoisotopic (exact) mass is 238 g/mol. The summed E-state index contributed by atoms with van der Waals surface area (Å²) in [7, 11) is -1.20. The topological polar surface area (TPSA) is 18.5 Å². The van der Waals surface area contributed by atoms with Crippen LogP contribution in [0.4, 0.5) is 0 Å². The van der Waals surface area contributed by atoms with Gasteiger partial charge in [0.15, 0.2) is 5.79 Å². The molecule has 2 fully saturated rings. The Balaban J connectivity index is 1.87. The third kappa shape index (κ3) is 3.10. The van der Waals surface area contributed by atoms with Gasteiger partial charge in [0, 0.05) is 18.8 Å². The number of ether oxygens (including phenoxy) is 2. The van der Waals surface area contributed by atoms with Crippen molar-refractivity contribution in [3.05, 3.63) is 0 Å². The van der Waals surface area contributed by atoms with Crippen LogP contribution in [0, 0.1) is 17.4 Å². The minimum absolute atomic E-state index is 0.225. The molecule has 1 saturated carbocycles. The Morgan fingerprint density at radius 3 is 2.12 bits per heavy atom. The van der Waals surface area contributed by atoms with Crippen LogP contribution >= 0.6 is 0 Å². The molecule has 1 aliphatic heterocycles. The molecule has 0 unspecified atom stereocenters.